The number of aryl methyl sites for hydroxylation is 1. The van der Waals surface area contributed by atoms with E-state index in [1.54, 1.807) is 0 Å². The van der Waals surface area contributed by atoms with E-state index in [9.17, 15) is 10.1 Å². The van der Waals surface area contributed by atoms with Gasteiger partial charge >= 0.3 is 0 Å². The first-order valence-electron chi connectivity index (χ1n) is 13.6. The van der Waals surface area contributed by atoms with Crippen LogP contribution in [0.3, 0.4) is 0 Å². The Bertz CT molecular complexity index is 1420. The standard InChI is InChI=1S/C30H36N6O2/c1-32-10-4-11-33-30(37)29-19-24-18-25(7-9-28(24)38-29)36-15-13-35(14-16-36)12-3-2-5-23-21-34-27-8-6-22(20-31)17-26(23)27/h6-9,17-19,21,32,34H,2-5,10-16H2,1H3,(H,33,37). The predicted octanol–water partition coefficient (Wildman–Crippen LogP) is 4.27. The number of H-pyrrole nitrogens is 1. The number of carbonyl (C=O) groups excluding carboxylic acids is 1. The summed E-state index contributed by atoms with van der Waals surface area (Å²) in [6.45, 7) is 6.66. The lowest BCUT2D eigenvalue weighted by molar-refractivity contribution is 0.0928. The van der Waals surface area contributed by atoms with Crippen LogP contribution in [0.4, 0.5) is 5.69 Å². The molecule has 1 aliphatic rings. The Morgan fingerprint density at radius 1 is 1.05 bits per heavy atom. The summed E-state index contributed by atoms with van der Waals surface area (Å²) < 4.78 is 5.79. The molecule has 198 valence electrons. The van der Waals surface area contributed by atoms with Crippen molar-refractivity contribution < 1.29 is 9.21 Å². The molecule has 5 rings (SSSR count). The van der Waals surface area contributed by atoms with Gasteiger partial charge < -0.3 is 24.9 Å². The van der Waals surface area contributed by atoms with Crippen molar-refractivity contribution in [1.29, 1.82) is 5.26 Å². The van der Waals surface area contributed by atoms with E-state index in [0.717, 1.165) is 81.4 Å². The molecule has 1 amide bonds. The van der Waals surface area contributed by atoms with Crippen LogP contribution in [0.5, 0.6) is 0 Å². The molecule has 0 bridgehead atoms. The largest absolute Gasteiger partial charge is 0.451 e. The maximum Gasteiger partial charge on any atom is 0.287 e. The highest BCUT2D eigenvalue weighted by atomic mass is 16.3. The molecule has 8 heteroatoms. The zero-order valence-corrected chi connectivity index (χ0v) is 22.1. The van der Waals surface area contributed by atoms with Gasteiger partial charge in [0.05, 0.1) is 11.6 Å². The normalized spacial score (nSPS) is 14.3. The van der Waals surface area contributed by atoms with Crippen molar-refractivity contribution in [3.63, 3.8) is 0 Å². The maximum atomic E-state index is 12.4. The minimum absolute atomic E-state index is 0.163. The van der Waals surface area contributed by atoms with Gasteiger partial charge in [-0.05, 0) is 93.8 Å². The molecule has 0 atom stereocenters. The molecular formula is C30H36N6O2. The Kier molecular flexibility index (Phi) is 8.27. The molecule has 8 nitrogen and oxygen atoms in total. The van der Waals surface area contributed by atoms with E-state index >= 15 is 0 Å². The number of furan rings is 1. The van der Waals surface area contributed by atoms with Crippen LogP contribution in [-0.4, -0.2) is 68.7 Å². The van der Waals surface area contributed by atoms with Crippen molar-refractivity contribution in [1.82, 2.24) is 20.5 Å². The summed E-state index contributed by atoms with van der Waals surface area (Å²) in [5.41, 5.74) is 5.03. The van der Waals surface area contributed by atoms with Crippen LogP contribution < -0.4 is 15.5 Å². The number of anilines is 1. The summed E-state index contributed by atoms with van der Waals surface area (Å²) in [6.07, 6.45) is 6.28. The van der Waals surface area contributed by atoms with Crippen LogP contribution in [0.2, 0.25) is 0 Å². The molecule has 2 aromatic heterocycles. The number of nitrogens with zero attached hydrogens (tertiary/aromatic N) is 3. The van der Waals surface area contributed by atoms with Crippen molar-refractivity contribution in [2.24, 2.45) is 0 Å². The number of hydrogen-bond acceptors (Lipinski definition) is 6. The van der Waals surface area contributed by atoms with Crippen molar-refractivity contribution in [3.05, 3.63) is 65.5 Å². The van der Waals surface area contributed by atoms with E-state index in [1.165, 1.54) is 16.6 Å². The lowest BCUT2D eigenvalue weighted by Crippen LogP contribution is -2.46. The fourth-order valence-corrected chi connectivity index (χ4v) is 5.23. The van der Waals surface area contributed by atoms with Gasteiger partial charge in [0, 0.05) is 60.9 Å². The van der Waals surface area contributed by atoms with E-state index in [0.29, 0.717) is 17.9 Å². The zero-order chi connectivity index (χ0) is 26.3. The van der Waals surface area contributed by atoms with Crippen LogP contribution in [0.1, 0.15) is 40.9 Å². The van der Waals surface area contributed by atoms with E-state index in [2.05, 4.69) is 49.8 Å². The highest BCUT2D eigenvalue weighted by molar-refractivity contribution is 5.96. The fraction of sp³-hybridized carbons (Fsp3) is 0.400. The fourth-order valence-electron chi connectivity index (χ4n) is 5.23. The smallest absolute Gasteiger partial charge is 0.287 e. The minimum Gasteiger partial charge on any atom is -0.451 e. The first-order chi connectivity index (χ1) is 18.6. The van der Waals surface area contributed by atoms with Crippen LogP contribution >= 0.6 is 0 Å². The van der Waals surface area contributed by atoms with Crippen molar-refractivity contribution >= 4 is 33.5 Å². The van der Waals surface area contributed by atoms with Crippen molar-refractivity contribution in [2.75, 3.05) is 57.8 Å². The maximum absolute atomic E-state index is 12.4. The summed E-state index contributed by atoms with van der Waals surface area (Å²) in [5.74, 6) is 0.202. The Balaban J connectivity index is 1.08. The highest BCUT2D eigenvalue weighted by Crippen LogP contribution is 2.26. The third kappa shape index (κ3) is 6.01. The van der Waals surface area contributed by atoms with Crippen LogP contribution in [-0.2, 0) is 6.42 Å². The number of hydrogen-bond donors (Lipinski definition) is 3. The molecule has 2 aromatic carbocycles. The SMILES string of the molecule is CNCCCNC(=O)c1cc2cc(N3CCN(CCCCc4c[nH]c5ccc(C#N)cc45)CC3)ccc2o1. The number of rotatable bonds is 11. The second kappa shape index (κ2) is 12.2. The Morgan fingerprint density at radius 3 is 2.74 bits per heavy atom. The molecule has 1 fully saturated rings. The van der Waals surface area contributed by atoms with Gasteiger partial charge in [-0.25, -0.2) is 0 Å². The molecule has 3 N–H and O–H groups in total. The molecule has 0 unspecified atom stereocenters. The molecule has 38 heavy (non-hydrogen) atoms. The van der Waals surface area contributed by atoms with Gasteiger partial charge in [-0.15, -0.1) is 0 Å². The first-order valence-corrected chi connectivity index (χ1v) is 13.6. The number of piperazine rings is 1. The summed E-state index contributed by atoms with van der Waals surface area (Å²) in [4.78, 5) is 20.7. The molecule has 0 aliphatic carbocycles. The second-order valence-corrected chi connectivity index (χ2v) is 10.0. The number of nitriles is 1. The molecular weight excluding hydrogens is 476 g/mol. The van der Waals surface area contributed by atoms with Gasteiger partial charge in [-0.2, -0.15) is 5.26 Å². The van der Waals surface area contributed by atoms with Crippen LogP contribution in [0.15, 0.2) is 53.1 Å². The van der Waals surface area contributed by atoms with Gasteiger partial charge in [0.15, 0.2) is 5.76 Å². The van der Waals surface area contributed by atoms with Crippen molar-refractivity contribution in [2.45, 2.75) is 25.7 Å². The van der Waals surface area contributed by atoms with E-state index in [4.69, 9.17) is 4.42 Å². The molecule has 4 aromatic rings. The molecule has 0 radical (unpaired) electrons. The third-order valence-corrected chi connectivity index (χ3v) is 7.42. The molecule has 1 saturated heterocycles. The van der Waals surface area contributed by atoms with Crippen molar-refractivity contribution in [3.8, 4) is 6.07 Å². The van der Waals surface area contributed by atoms with Gasteiger partial charge in [0.1, 0.15) is 5.58 Å². The zero-order valence-electron chi connectivity index (χ0n) is 22.1. The Hall–Kier alpha value is -3.80. The summed E-state index contributed by atoms with van der Waals surface area (Å²) in [7, 11) is 1.90. The van der Waals surface area contributed by atoms with Gasteiger partial charge in [-0.1, -0.05) is 0 Å². The first kappa shape index (κ1) is 25.8. The molecule has 3 heterocycles. The lowest BCUT2D eigenvalue weighted by atomic mass is 10.1. The summed E-state index contributed by atoms with van der Waals surface area (Å²) >= 11 is 0. The molecule has 0 saturated carbocycles. The monoisotopic (exact) mass is 512 g/mol. The number of aromatic amines is 1. The topological polar surface area (TPSA) is 100 Å². The predicted molar refractivity (Wildman–Crippen MR) is 152 cm³/mol. The summed E-state index contributed by atoms with van der Waals surface area (Å²) in [6, 6.07) is 16.1. The average molecular weight is 513 g/mol. The number of fused-ring (bicyclic) bond motifs is 2. The lowest BCUT2D eigenvalue weighted by Gasteiger charge is -2.36. The Labute approximate surface area is 223 Å². The highest BCUT2D eigenvalue weighted by Gasteiger charge is 2.18. The van der Waals surface area contributed by atoms with Gasteiger partial charge in [-0.3, -0.25) is 9.69 Å². The number of nitrogens with one attached hydrogen (secondary N) is 3. The van der Waals surface area contributed by atoms with E-state index < -0.39 is 0 Å². The average Bonchev–Trinajstić information content (AvgIpc) is 3.57. The molecule has 1 aliphatic heterocycles. The molecule has 0 spiro atoms. The van der Waals surface area contributed by atoms with Gasteiger partial charge in [0.25, 0.3) is 5.91 Å². The van der Waals surface area contributed by atoms with E-state index in [1.807, 2.05) is 37.4 Å². The van der Waals surface area contributed by atoms with Crippen LogP contribution in [0, 0.1) is 11.3 Å². The quantitative estimate of drug-likeness (QED) is 0.260. The van der Waals surface area contributed by atoms with E-state index in [-0.39, 0.29) is 5.91 Å². The number of aromatic nitrogens is 1. The Morgan fingerprint density at radius 2 is 1.92 bits per heavy atom. The van der Waals surface area contributed by atoms with Crippen LogP contribution in [0.25, 0.3) is 21.9 Å². The number of carbonyl (C=O) groups is 1. The third-order valence-electron chi connectivity index (χ3n) is 7.42. The number of amides is 1. The minimum atomic E-state index is -0.163. The van der Waals surface area contributed by atoms with Gasteiger partial charge in [0.2, 0.25) is 0 Å². The number of benzene rings is 2. The number of unbranched alkanes of at least 4 members (excludes halogenated alkanes) is 1. The summed E-state index contributed by atoms with van der Waals surface area (Å²) in [5, 5.41) is 17.3. The second-order valence-electron chi connectivity index (χ2n) is 10.0.